The van der Waals surface area contributed by atoms with Crippen molar-refractivity contribution in [1.82, 2.24) is 9.47 Å². The molecule has 1 aliphatic rings. The van der Waals surface area contributed by atoms with E-state index in [1.54, 1.807) is 30.0 Å². The maximum absolute atomic E-state index is 13.7. The van der Waals surface area contributed by atoms with Gasteiger partial charge >= 0.3 is 5.97 Å². The molecule has 0 bridgehead atoms. The quantitative estimate of drug-likeness (QED) is 0.209. The van der Waals surface area contributed by atoms with Crippen molar-refractivity contribution in [2.24, 2.45) is 0 Å². The number of aryl methyl sites for hydroxylation is 1. The number of benzene rings is 2. The number of nitrogens with zero attached hydrogens (tertiary/aromatic N) is 2. The van der Waals surface area contributed by atoms with Gasteiger partial charge in [-0.05, 0) is 87.4 Å². The average Bonchev–Trinajstić information content (AvgIpc) is 3.20. The third-order valence-electron chi connectivity index (χ3n) is 6.40. The van der Waals surface area contributed by atoms with Gasteiger partial charge in [0.15, 0.2) is 0 Å². The average molecular weight is 469 g/mol. The number of thioether (sulfide) groups is 1. The summed E-state index contributed by atoms with van der Waals surface area (Å²) in [6, 6.07) is 15.5. The summed E-state index contributed by atoms with van der Waals surface area (Å²) >= 11 is 1.80. The van der Waals surface area contributed by atoms with Gasteiger partial charge in [-0.2, -0.15) is 0 Å². The predicted molar refractivity (Wildman–Crippen MR) is 134 cm³/mol. The van der Waals surface area contributed by atoms with E-state index in [1.807, 2.05) is 25.1 Å². The number of likely N-dealkylation sites (tertiary alicyclic amines) is 1. The lowest BCUT2D eigenvalue weighted by atomic mass is 10.0. The Morgan fingerprint density at radius 1 is 1.12 bits per heavy atom. The van der Waals surface area contributed by atoms with Crippen LogP contribution in [0.5, 0.6) is 0 Å². The van der Waals surface area contributed by atoms with Crippen LogP contribution in [0.15, 0.2) is 53.4 Å². The van der Waals surface area contributed by atoms with Gasteiger partial charge in [0.1, 0.15) is 5.82 Å². The van der Waals surface area contributed by atoms with E-state index in [0.717, 1.165) is 66.9 Å². The van der Waals surface area contributed by atoms with Gasteiger partial charge in [0.05, 0.1) is 12.2 Å². The second-order valence-corrected chi connectivity index (χ2v) is 9.75. The van der Waals surface area contributed by atoms with Gasteiger partial charge in [-0.15, -0.1) is 11.8 Å². The minimum atomic E-state index is -0.255. The molecule has 0 atom stereocenters. The molecule has 1 aromatic heterocycles. The number of aromatic nitrogens is 1. The number of piperidine rings is 1. The van der Waals surface area contributed by atoms with Gasteiger partial charge in [-0.3, -0.25) is 0 Å². The molecule has 1 aliphatic heterocycles. The molecule has 2 aromatic carbocycles. The highest BCUT2D eigenvalue weighted by Gasteiger charge is 2.23. The van der Waals surface area contributed by atoms with E-state index in [-0.39, 0.29) is 11.8 Å². The largest absolute Gasteiger partial charge is 0.462 e. The van der Waals surface area contributed by atoms with Crippen LogP contribution in [-0.2, 0) is 11.2 Å². The fourth-order valence-electron chi connectivity index (χ4n) is 4.77. The zero-order valence-electron chi connectivity index (χ0n) is 19.6. The van der Waals surface area contributed by atoms with Crippen LogP contribution in [-0.4, -0.2) is 47.4 Å². The predicted octanol–water partition coefficient (Wildman–Crippen LogP) is 6.34. The Hall–Kier alpha value is -2.31. The van der Waals surface area contributed by atoms with E-state index in [4.69, 9.17) is 4.74 Å². The van der Waals surface area contributed by atoms with Crippen molar-refractivity contribution in [3.8, 4) is 0 Å². The summed E-state index contributed by atoms with van der Waals surface area (Å²) in [7, 11) is 0. The summed E-state index contributed by atoms with van der Waals surface area (Å²) in [5.41, 5.74) is 3.08. The van der Waals surface area contributed by atoms with E-state index in [9.17, 15) is 9.18 Å². The molecule has 33 heavy (non-hydrogen) atoms. The van der Waals surface area contributed by atoms with Gasteiger partial charge in [0.2, 0.25) is 0 Å². The Labute approximate surface area is 200 Å². The maximum atomic E-state index is 13.7. The van der Waals surface area contributed by atoms with Gasteiger partial charge in [-0.1, -0.05) is 13.0 Å². The molecule has 6 heteroatoms. The first kappa shape index (κ1) is 23.8. The molecular weight excluding hydrogens is 435 g/mol. The summed E-state index contributed by atoms with van der Waals surface area (Å²) in [6.07, 6.45) is 4.34. The number of halogens is 1. The highest BCUT2D eigenvalue weighted by Crippen LogP contribution is 2.31. The highest BCUT2D eigenvalue weighted by atomic mass is 32.2. The van der Waals surface area contributed by atoms with Gasteiger partial charge in [0.25, 0.3) is 0 Å². The zero-order valence-corrected chi connectivity index (χ0v) is 20.4. The Bertz CT molecular complexity index is 1090. The molecule has 0 saturated carbocycles. The molecule has 1 saturated heterocycles. The summed E-state index contributed by atoms with van der Waals surface area (Å²) in [4.78, 5) is 15.6. The summed E-state index contributed by atoms with van der Waals surface area (Å²) < 4.78 is 21.2. The second-order valence-electron chi connectivity index (χ2n) is 8.59. The minimum absolute atomic E-state index is 0.164. The number of carbonyl (C=O) groups excluding carboxylic acids is 1. The van der Waals surface area contributed by atoms with Gasteiger partial charge < -0.3 is 14.2 Å². The lowest BCUT2D eigenvalue weighted by Gasteiger charge is -2.34. The first-order valence-corrected chi connectivity index (χ1v) is 13.0. The SMILES string of the molecule is CCOC(=O)c1cccc(SCCCN2CCC(n3c(CC)cc4cc(F)ccc43)CC2)c1. The van der Waals surface area contributed by atoms with Crippen LogP contribution in [0.1, 0.15) is 55.2 Å². The smallest absolute Gasteiger partial charge is 0.338 e. The molecule has 1 fully saturated rings. The summed E-state index contributed by atoms with van der Waals surface area (Å²) in [6.45, 7) is 7.68. The van der Waals surface area contributed by atoms with E-state index in [2.05, 4.69) is 28.5 Å². The van der Waals surface area contributed by atoms with Crippen molar-refractivity contribution in [1.29, 1.82) is 0 Å². The standard InChI is InChI=1S/C27H33FN2O2S/c1-3-23-18-21-17-22(28)9-10-26(21)30(23)24-11-14-29(15-12-24)13-6-16-33-25-8-5-7-20(19-25)27(31)32-4-2/h5,7-10,17-19,24H,3-4,6,11-16H2,1-2H3. The highest BCUT2D eigenvalue weighted by molar-refractivity contribution is 7.99. The third-order valence-corrected chi connectivity index (χ3v) is 7.48. The number of carbonyl (C=O) groups is 1. The first-order chi connectivity index (χ1) is 16.1. The van der Waals surface area contributed by atoms with Crippen LogP contribution in [0.4, 0.5) is 4.39 Å². The molecule has 0 aliphatic carbocycles. The van der Waals surface area contributed by atoms with Crippen LogP contribution in [0, 0.1) is 5.82 Å². The number of esters is 1. The fraction of sp³-hybridized carbons (Fsp3) is 0.444. The topological polar surface area (TPSA) is 34.5 Å². The van der Waals surface area contributed by atoms with Crippen molar-refractivity contribution < 1.29 is 13.9 Å². The molecule has 2 heterocycles. The van der Waals surface area contributed by atoms with Gasteiger partial charge in [0, 0.05) is 40.6 Å². The normalized spacial score (nSPS) is 15.2. The van der Waals surface area contributed by atoms with Crippen LogP contribution < -0.4 is 0 Å². The zero-order chi connectivity index (χ0) is 23.2. The molecule has 0 spiro atoms. The second kappa shape index (κ2) is 11.2. The molecule has 0 unspecified atom stereocenters. The number of hydrogen-bond donors (Lipinski definition) is 0. The number of hydrogen-bond acceptors (Lipinski definition) is 4. The molecule has 0 radical (unpaired) electrons. The van der Waals surface area contributed by atoms with Crippen LogP contribution in [0.2, 0.25) is 0 Å². The van der Waals surface area contributed by atoms with Crippen molar-refractivity contribution >= 4 is 28.6 Å². The Morgan fingerprint density at radius 3 is 2.70 bits per heavy atom. The number of rotatable bonds is 9. The molecule has 3 aromatic rings. The van der Waals surface area contributed by atoms with E-state index < -0.39 is 0 Å². The molecule has 0 N–H and O–H groups in total. The van der Waals surface area contributed by atoms with Crippen LogP contribution in [0.3, 0.4) is 0 Å². The molecule has 4 rings (SSSR count). The Kier molecular flexibility index (Phi) is 8.10. The third kappa shape index (κ3) is 5.79. The fourth-order valence-corrected chi connectivity index (χ4v) is 5.67. The Balaban J connectivity index is 1.26. The molecule has 0 amide bonds. The molecule has 176 valence electrons. The minimum Gasteiger partial charge on any atom is -0.462 e. The number of ether oxygens (including phenoxy) is 1. The van der Waals surface area contributed by atoms with Crippen LogP contribution in [0.25, 0.3) is 10.9 Å². The number of fused-ring (bicyclic) bond motifs is 1. The summed E-state index contributed by atoms with van der Waals surface area (Å²) in [5, 5.41) is 1.01. The van der Waals surface area contributed by atoms with E-state index in [0.29, 0.717) is 18.2 Å². The lowest BCUT2D eigenvalue weighted by Crippen LogP contribution is -2.35. The Morgan fingerprint density at radius 2 is 1.94 bits per heavy atom. The van der Waals surface area contributed by atoms with Crippen molar-refractivity contribution in [3.63, 3.8) is 0 Å². The molecule has 4 nitrogen and oxygen atoms in total. The molecular formula is C27H33FN2O2S. The first-order valence-electron chi connectivity index (χ1n) is 12.0. The van der Waals surface area contributed by atoms with Crippen molar-refractivity contribution in [3.05, 3.63) is 65.6 Å². The van der Waals surface area contributed by atoms with Crippen molar-refractivity contribution in [2.75, 3.05) is 32.0 Å². The lowest BCUT2D eigenvalue weighted by molar-refractivity contribution is 0.0526. The van der Waals surface area contributed by atoms with E-state index in [1.165, 1.54) is 5.69 Å². The van der Waals surface area contributed by atoms with Crippen LogP contribution >= 0.6 is 11.8 Å². The maximum Gasteiger partial charge on any atom is 0.338 e. The summed E-state index contributed by atoms with van der Waals surface area (Å²) in [5.74, 6) is 0.609. The van der Waals surface area contributed by atoms with Crippen molar-refractivity contribution in [2.45, 2.75) is 50.5 Å². The van der Waals surface area contributed by atoms with E-state index >= 15 is 0 Å². The monoisotopic (exact) mass is 468 g/mol. The van der Waals surface area contributed by atoms with Gasteiger partial charge in [-0.25, -0.2) is 9.18 Å².